The Kier molecular flexibility index (Phi) is 14.2. The van der Waals surface area contributed by atoms with Crippen LogP contribution in [0.25, 0.3) is 0 Å². The first kappa shape index (κ1) is 28.1. The fourth-order valence-electron chi connectivity index (χ4n) is 3.43. The number of amides is 2. The topological polar surface area (TPSA) is 111 Å². The van der Waals surface area contributed by atoms with Gasteiger partial charge in [-0.05, 0) is 12.0 Å². The van der Waals surface area contributed by atoms with Gasteiger partial charge in [-0.3, -0.25) is 14.4 Å². The van der Waals surface area contributed by atoms with Gasteiger partial charge in [0.2, 0.25) is 11.8 Å². The van der Waals surface area contributed by atoms with E-state index in [-0.39, 0.29) is 25.2 Å². The van der Waals surface area contributed by atoms with E-state index in [0.717, 1.165) is 24.8 Å². The summed E-state index contributed by atoms with van der Waals surface area (Å²) in [5.74, 6) is -2.20. The molecule has 0 saturated heterocycles. The van der Waals surface area contributed by atoms with Crippen molar-refractivity contribution < 1.29 is 28.7 Å². The SMILES string of the molecule is CCCCCCCCCC(=O)NC(CC(=O)OC)C(=O)NC(Cc1ccccc1)C(=O)OC. The lowest BCUT2D eigenvalue weighted by atomic mass is 10.0. The van der Waals surface area contributed by atoms with E-state index in [0.29, 0.717) is 6.42 Å². The second kappa shape index (κ2) is 16.7. The summed E-state index contributed by atoms with van der Waals surface area (Å²) in [6, 6.07) is 7.08. The number of hydrogen-bond acceptors (Lipinski definition) is 6. The van der Waals surface area contributed by atoms with E-state index in [1.165, 1.54) is 33.5 Å². The number of nitrogens with one attached hydrogen (secondary N) is 2. The highest BCUT2D eigenvalue weighted by Crippen LogP contribution is 2.09. The van der Waals surface area contributed by atoms with Crippen LogP contribution in [0.5, 0.6) is 0 Å². The Bertz CT molecular complexity index is 738. The van der Waals surface area contributed by atoms with Crippen LogP contribution in [0.3, 0.4) is 0 Å². The summed E-state index contributed by atoms with van der Waals surface area (Å²) in [6.45, 7) is 2.17. The first-order valence-corrected chi connectivity index (χ1v) is 11.7. The summed E-state index contributed by atoms with van der Waals surface area (Å²) in [7, 11) is 2.45. The second-order valence-corrected chi connectivity index (χ2v) is 8.05. The summed E-state index contributed by atoms with van der Waals surface area (Å²) < 4.78 is 9.48. The molecule has 2 atom stereocenters. The van der Waals surface area contributed by atoms with E-state index < -0.39 is 29.9 Å². The highest BCUT2D eigenvalue weighted by Gasteiger charge is 2.29. The number of benzene rings is 1. The molecule has 2 amide bonds. The van der Waals surface area contributed by atoms with Gasteiger partial charge in [0.25, 0.3) is 0 Å². The lowest BCUT2D eigenvalue weighted by Crippen LogP contribution is -2.53. The summed E-state index contributed by atoms with van der Waals surface area (Å²) in [6.07, 6.45) is 7.64. The Morgan fingerprint density at radius 1 is 0.818 bits per heavy atom. The minimum absolute atomic E-state index is 0.218. The second-order valence-electron chi connectivity index (χ2n) is 8.05. The van der Waals surface area contributed by atoms with Gasteiger partial charge in [-0.2, -0.15) is 0 Å². The van der Waals surface area contributed by atoms with Crippen LogP contribution in [0.15, 0.2) is 30.3 Å². The van der Waals surface area contributed by atoms with Crippen LogP contribution >= 0.6 is 0 Å². The van der Waals surface area contributed by atoms with Crippen LogP contribution in [0, 0.1) is 0 Å². The maximum atomic E-state index is 12.9. The standard InChI is InChI=1S/C25H38N2O6/c1-4-5-6-7-8-9-13-16-22(28)26-20(18-23(29)32-2)24(30)27-21(25(31)33-3)17-19-14-11-10-12-15-19/h10-12,14-15,20-21H,4-9,13,16-18H2,1-3H3,(H,26,28)(H,27,30). The number of rotatable bonds is 16. The van der Waals surface area contributed by atoms with E-state index in [1.807, 2.05) is 30.3 Å². The molecular weight excluding hydrogens is 424 g/mol. The molecule has 8 heteroatoms. The maximum Gasteiger partial charge on any atom is 0.328 e. The van der Waals surface area contributed by atoms with Gasteiger partial charge in [0.05, 0.1) is 20.6 Å². The highest BCUT2D eigenvalue weighted by molar-refractivity contribution is 5.93. The summed E-state index contributed by atoms with van der Waals surface area (Å²) in [5.41, 5.74) is 0.834. The van der Waals surface area contributed by atoms with Crippen LogP contribution in [0.4, 0.5) is 0 Å². The molecule has 1 aromatic carbocycles. The zero-order chi connectivity index (χ0) is 24.5. The Balaban J connectivity index is 2.68. The van der Waals surface area contributed by atoms with Crippen molar-refractivity contribution in [3.05, 3.63) is 35.9 Å². The molecule has 0 bridgehead atoms. The van der Waals surface area contributed by atoms with Crippen LogP contribution < -0.4 is 10.6 Å². The average Bonchev–Trinajstić information content (AvgIpc) is 2.82. The normalized spacial score (nSPS) is 12.3. The van der Waals surface area contributed by atoms with Crippen LogP contribution in [0.1, 0.15) is 70.3 Å². The number of esters is 2. The Hall–Kier alpha value is -2.90. The molecule has 2 N–H and O–H groups in total. The number of methoxy groups -OCH3 is 2. The van der Waals surface area contributed by atoms with Crippen molar-refractivity contribution in [1.29, 1.82) is 0 Å². The molecule has 184 valence electrons. The van der Waals surface area contributed by atoms with E-state index in [9.17, 15) is 19.2 Å². The molecule has 0 fully saturated rings. The molecule has 0 aliphatic carbocycles. The molecule has 0 spiro atoms. The number of carbonyl (C=O) groups excluding carboxylic acids is 4. The monoisotopic (exact) mass is 462 g/mol. The number of carbonyl (C=O) groups is 4. The summed E-state index contributed by atoms with van der Waals surface area (Å²) >= 11 is 0. The number of ether oxygens (including phenoxy) is 2. The zero-order valence-corrected chi connectivity index (χ0v) is 20.1. The van der Waals surface area contributed by atoms with Gasteiger partial charge in [0.15, 0.2) is 0 Å². The van der Waals surface area contributed by atoms with Crippen LogP contribution in [-0.2, 0) is 35.1 Å². The van der Waals surface area contributed by atoms with Crippen molar-refractivity contribution in [3.8, 4) is 0 Å². The predicted octanol–water partition coefficient (Wildman–Crippen LogP) is 3.08. The van der Waals surface area contributed by atoms with Gasteiger partial charge in [-0.15, -0.1) is 0 Å². The third-order valence-corrected chi connectivity index (χ3v) is 5.34. The van der Waals surface area contributed by atoms with Crippen molar-refractivity contribution in [2.75, 3.05) is 14.2 Å². The fourth-order valence-corrected chi connectivity index (χ4v) is 3.43. The highest BCUT2D eigenvalue weighted by atomic mass is 16.5. The largest absolute Gasteiger partial charge is 0.469 e. The molecule has 33 heavy (non-hydrogen) atoms. The van der Waals surface area contributed by atoms with Gasteiger partial charge in [0.1, 0.15) is 12.1 Å². The maximum absolute atomic E-state index is 12.9. The minimum Gasteiger partial charge on any atom is -0.469 e. The first-order chi connectivity index (χ1) is 15.9. The Morgan fingerprint density at radius 3 is 2.06 bits per heavy atom. The smallest absolute Gasteiger partial charge is 0.328 e. The predicted molar refractivity (Wildman–Crippen MR) is 125 cm³/mol. The molecule has 0 saturated carbocycles. The lowest BCUT2D eigenvalue weighted by Gasteiger charge is -2.22. The first-order valence-electron chi connectivity index (χ1n) is 11.7. The van der Waals surface area contributed by atoms with Crippen LogP contribution in [-0.4, -0.2) is 50.1 Å². The van der Waals surface area contributed by atoms with Gasteiger partial charge >= 0.3 is 11.9 Å². The van der Waals surface area contributed by atoms with Crippen molar-refractivity contribution in [3.63, 3.8) is 0 Å². The van der Waals surface area contributed by atoms with Gasteiger partial charge in [0, 0.05) is 12.8 Å². The molecule has 0 heterocycles. The number of unbranched alkanes of at least 4 members (excludes halogenated alkanes) is 6. The summed E-state index contributed by atoms with van der Waals surface area (Å²) in [4.78, 5) is 49.3. The molecule has 0 aliphatic rings. The minimum atomic E-state index is -1.14. The molecular formula is C25H38N2O6. The van der Waals surface area contributed by atoms with E-state index in [4.69, 9.17) is 4.74 Å². The molecule has 1 rings (SSSR count). The zero-order valence-electron chi connectivity index (χ0n) is 20.1. The Morgan fingerprint density at radius 2 is 1.45 bits per heavy atom. The molecule has 0 radical (unpaired) electrons. The van der Waals surface area contributed by atoms with Crippen molar-refractivity contribution in [2.45, 2.75) is 83.2 Å². The third-order valence-electron chi connectivity index (χ3n) is 5.34. The fraction of sp³-hybridized carbons (Fsp3) is 0.600. The van der Waals surface area contributed by atoms with Gasteiger partial charge in [-0.1, -0.05) is 75.8 Å². The van der Waals surface area contributed by atoms with E-state index in [1.54, 1.807) is 0 Å². The Labute approximate surface area is 196 Å². The van der Waals surface area contributed by atoms with Crippen molar-refractivity contribution in [1.82, 2.24) is 10.6 Å². The lowest BCUT2D eigenvalue weighted by molar-refractivity contribution is -0.146. The average molecular weight is 463 g/mol. The molecule has 1 aromatic rings. The molecule has 8 nitrogen and oxygen atoms in total. The number of hydrogen-bond donors (Lipinski definition) is 2. The van der Waals surface area contributed by atoms with Crippen molar-refractivity contribution in [2.24, 2.45) is 0 Å². The third kappa shape index (κ3) is 12.1. The van der Waals surface area contributed by atoms with E-state index in [2.05, 4.69) is 22.3 Å². The summed E-state index contributed by atoms with van der Waals surface area (Å²) in [5, 5.41) is 5.23. The molecule has 0 aliphatic heterocycles. The van der Waals surface area contributed by atoms with Crippen molar-refractivity contribution >= 4 is 23.8 Å². The van der Waals surface area contributed by atoms with Gasteiger partial charge in [-0.25, -0.2) is 4.79 Å². The molecule has 0 aromatic heterocycles. The molecule has 2 unspecified atom stereocenters. The quantitative estimate of drug-likeness (QED) is 0.289. The van der Waals surface area contributed by atoms with E-state index >= 15 is 0 Å². The van der Waals surface area contributed by atoms with Crippen LogP contribution in [0.2, 0.25) is 0 Å². The van der Waals surface area contributed by atoms with Gasteiger partial charge < -0.3 is 20.1 Å².